The van der Waals surface area contributed by atoms with E-state index in [1.165, 1.54) is 6.42 Å². The van der Waals surface area contributed by atoms with Crippen molar-refractivity contribution in [3.05, 3.63) is 28.2 Å². The average molecular weight is 327 g/mol. The van der Waals surface area contributed by atoms with Crippen molar-refractivity contribution in [1.29, 1.82) is 0 Å². The summed E-state index contributed by atoms with van der Waals surface area (Å²) in [6, 6.07) is 5.01. The maximum Gasteiger partial charge on any atom is 0.335 e. The molecule has 0 spiro atoms. The Morgan fingerprint density at radius 1 is 1.21 bits per heavy atom. The van der Waals surface area contributed by atoms with Crippen molar-refractivity contribution in [2.45, 2.75) is 39.2 Å². The Hall–Kier alpha value is -1.03. The Kier molecular flexibility index (Phi) is 4.50. The van der Waals surface area contributed by atoms with Gasteiger partial charge in [-0.25, -0.2) is 4.79 Å². The molecule has 0 amide bonds. The van der Waals surface area contributed by atoms with Gasteiger partial charge in [-0.15, -0.1) is 0 Å². The fourth-order valence-corrected chi connectivity index (χ4v) is 3.39. The summed E-state index contributed by atoms with van der Waals surface area (Å²) in [6.45, 7) is 4.49. The predicted molar refractivity (Wildman–Crippen MR) is 77.7 cm³/mol. The van der Waals surface area contributed by atoms with Gasteiger partial charge in [0.05, 0.1) is 11.7 Å². The third-order valence-electron chi connectivity index (χ3n) is 3.56. The van der Waals surface area contributed by atoms with Gasteiger partial charge in [-0.2, -0.15) is 0 Å². The van der Waals surface area contributed by atoms with Gasteiger partial charge in [0.15, 0.2) is 0 Å². The fourth-order valence-electron chi connectivity index (χ4n) is 2.92. The van der Waals surface area contributed by atoms with Crippen molar-refractivity contribution >= 4 is 21.9 Å². The summed E-state index contributed by atoms with van der Waals surface area (Å²) >= 11 is 3.33. The van der Waals surface area contributed by atoms with Crippen LogP contribution >= 0.6 is 15.9 Å². The van der Waals surface area contributed by atoms with Crippen LogP contribution in [0, 0.1) is 11.8 Å². The minimum absolute atomic E-state index is 0.190. The topological polar surface area (TPSA) is 46.5 Å². The van der Waals surface area contributed by atoms with E-state index in [1.54, 1.807) is 12.1 Å². The van der Waals surface area contributed by atoms with Crippen LogP contribution in [0.5, 0.6) is 5.75 Å². The molecule has 4 heteroatoms. The van der Waals surface area contributed by atoms with Crippen LogP contribution in [0.4, 0.5) is 0 Å². The van der Waals surface area contributed by atoms with Gasteiger partial charge >= 0.3 is 5.97 Å². The summed E-state index contributed by atoms with van der Waals surface area (Å²) in [7, 11) is 0. The second-order valence-electron chi connectivity index (χ2n) is 5.64. The van der Waals surface area contributed by atoms with Gasteiger partial charge in [0.25, 0.3) is 0 Å². The number of carboxylic acid groups (broad SMARTS) is 1. The Labute approximate surface area is 122 Å². The highest BCUT2D eigenvalue weighted by molar-refractivity contribution is 9.10. The van der Waals surface area contributed by atoms with Gasteiger partial charge in [-0.1, -0.05) is 29.8 Å². The molecule has 104 valence electrons. The third kappa shape index (κ3) is 3.96. The zero-order valence-electron chi connectivity index (χ0n) is 11.2. The molecule has 1 aromatic carbocycles. The van der Waals surface area contributed by atoms with E-state index < -0.39 is 5.97 Å². The lowest BCUT2D eigenvalue weighted by Gasteiger charge is -2.31. The molecule has 0 saturated heterocycles. The first-order valence-corrected chi connectivity index (χ1v) is 7.44. The van der Waals surface area contributed by atoms with E-state index in [9.17, 15) is 4.79 Å². The number of hydrogen-bond acceptors (Lipinski definition) is 2. The van der Waals surface area contributed by atoms with Crippen LogP contribution in [0.1, 0.15) is 43.5 Å². The van der Waals surface area contributed by atoms with Crippen LogP contribution in [0.2, 0.25) is 0 Å². The molecule has 1 aliphatic rings. The Bertz CT molecular complexity index is 462. The molecule has 1 saturated carbocycles. The molecule has 0 bridgehead atoms. The summed E-state index contributed by atoms with van der Waals surface area (Å²) < 4.78 is 6.71. The highest BCUT2D eigenvalue weighted by atomic mass is 79.9. The van der Waals surface area contributed by atoms with Crippen molar-refractivity contribution < 1.29 is 14.6 Å². The van der Waals surface area contributed by atoms with E-state index in [4.69, 9.17) is 9.84 Å². The molecule has 19 heavy (non-hydrogen) atoms. The highest BCUT2D eigenvalue weighted by Crippen LogP contribution is 2.32. The fraction of sp³-hybridized carbons (Fsp3) is 0.533. The van der Waals surface area contributed by atoms with E-state index >= 15 is 0 Å². The van der Waals surface area contributed by atoms with Gasteiger partial charge in [0, 0.05) is 4.47 Å². The molecule has 1 aliphatic carbocycles. The van der Waals surface area contributed by atoms with E-state index in [-0.39, 0.29) is 11.7 Å². The van der Waals surface area contributed by atoms with Gasteiger partial charge in [0.2, 0.25) is 0 Å². The maximum atomic E-state index is 11.0. The summed E-state index contributed by atoms with van der Waals surface area (Å²) in [5, 5.41) is 9.05. The van der Waals surface area contributed by atoms with Crippen molar-refractivity contribution in [3.8, 4) is 5.75 Å². The van der Waals surface area contributed by atoms with Crippen molar-refractivity contribution in [1.82, 2.24) is 0 Å². The maximum absolute atomic E-state index is 11.0. The quantitative estimate of drug-likeness (QED) is 0.898. The molecule has 0 radical (unpaired) electrons. The number of rotatable bonds is 3. The normalized spacial score (nSPS) is 27.0. The number of benzene rings is 1. The molecule has 2 atom stereocenters. The summed E-state index contributed by atoms with van der Waals surface area (Å²) in [5.41, 5.74) is 0.251. The van der Waals surface area contributed by atoms with Crippen LogP contribution in [0.25, 0.3) is 0 Å². The second kappa shape index (κ2) is 5.95. The summed E-state index contributed by atoms with van der Waals surface area (Å²) in [5.74, 6) is 1.04. The van der Waals surface area contributed by atoms with E-state index in [2.05, 4.69) is 29.8 Å². The van der Waals surface area contributed by atoms with Crippen LogP contribution in [0.15, 0.2) is 22.7 Å². The molecule has 3 nitrogen and oxygen atoms in total. The van der Waals surface area contributed by atoms with E-state index in [1.807, 2.05) is 6.07 Å². The largest absolute Gasteiger partial charge is 0.490 e. The molecule has 1 fully saturated rings. The van der Waals surface area contributed by atoms with Gasteiger partial charge in [-0.3, -0.25) is 0 Å². The van der Waals surface area contributed by atoms with E-state index in [0.717, 1.165) is 17.3 Å². The number of halogens is 1. The molecule has 2 rings (SSSR count). The van der Waals surface area contributed by atoms with Crippen molar-refractivity contribution in [2.24, 2.45) is 11.8 Å². The first-order valence-electron chi connectivity index (χ1n) is 6.64. The minimum atomic E-state index is -0.934. The molecular formula is C15H19BrO3. The smallest absolute Gasteiger partial charge is 0.335 e. The lowest BCUT2D eigenvalue weighted by Crippen LogP contribution is -2.28. The van der Waals surface area contributed by atoms with E-state index in [0.29, 0.717) is 17.6 Å². The monoisotopic (exact) mass is 326 g/mol. The molecule has 0 aliphatic heterocycles. The SMILES string of the molecule is CC1CC(C)CC(Oc2cc(Br)cc(C(=O)O)c2)C1. The number of aromatic carboxylic acids is 1. The van der Waals surface area contributed by atoms with Crippen LogP contribution in [0.3, 0.4) is 0 Å². The predicted octanol–water partition coefficient (Wildman–Crippen LogP) is 4.35. The molecule has 0 aromatic heterocycles. The number of hydrogen-bond donors (Lipinski definition) is 1. The lowest BCUT2D eigenvalue weighted by molar-refractivity contribution is 0.0693. The standard InChI is InChI=1S/C15H19BrO3/c1-9-3-10(2)5-13(4-9)19-14-7-11(15(17)18)6-12(16)8-14/h6-10,13H,3-5H2,1-2H3,(H,17,18). The van der Waals surface area contributed by atoms with Gasteiger partial charge < -0.3 is 9.84 Å². The second-order valence-corrected chi connectivity index (χ2v) is 6.55. The Balaban J connectivity index is 2.12. The average Bonchev–Trinajstić information content (AvgIpc) is 2.26. The molecule has 1 aromatic rings. The first-order chi connectivity index (χ1) is 8.94. The van der Waals surface area contributed by atoms with Gasteiger partial charge in [-0.05, 0) is 49.3 Å². The van der Waals surface area contributed by atoms with Crippen LogP contribution in [-0.4, -0.2) is 17.2 Å². The van der Waals surface area contributed by atoms with Crippen LogP contribution < -0.4 is 4.74 Å². The number of ether oxygens (including phenoxy) is 1. The first kappa shape index (κ1) is 14.4. The number of carbonyl (C=O) groups is 1. The highest BCUT2D eigenvalue weighted by Gasteiger charge is 2.25. The van der Waals surface area contributed by atoms with Gasteiger partial charge in [0.1, 0.15) is 5.75 Å². The minimum Gasteiger partial charge on any atom is -0.490 e. The molecule has 1 N–H and O–H groups in total. The zero-order valence-corrected chi connectivity index (χ0v) is 12.8. The lowest BCUT2D eigenvalue weighted by atomic mass is 9.82. The molecular weight excluding hydrogens is 308 g/mol. The molecule has 0 heterocycles. The molecule has 2 unspecified atom stereocenters. The Morgan fingerprint density at radius 3 is 2.42 bits per heavy atom. The summed E-state index contributed by atoms with van der Waals surface area (Å²) in [6.07, 6.45) is 3.52. The summed E-state index contributed by atoms with van der Waals surface area (Å²) in [4.78, 5) is 11.0. The number of carboxylic acids is 1. The third-order valence-corrected chi connectivity index (χ3v) is 4.01. The van der Waals surface area contributed by atoms with Crippen LogP contribution in [-0.2, 0) is 0 Å². The zero-order chi connectivity index (χ0) is 14.0. The Morgan fingerprint density at radius 2 is 1.84 bits per heavy atom. The van der Waals surface area contributed by atoms with Crippen molar-refractivity contribution in [3.63, 3.8) is 0 Å². The van der Waals surface area contributed by atoms with Crippen molar-refractivity contribution in [2.75, 3.05) is 0 Å².